The quantitative estimate of drug-likeness (QED) is 0.864. The van der Waals surface area contributed by atoms with Crippen molar-refractivity contribution < 1.29 is 13.9 Å². The molecule has 3 rings (SSSR count). The lowest BCUT2D eigenvalue weighted by atomic mass is 10.1. The van der Waals surface area contributed by atoms with Crippen LogP contribution in [-0.4, -0.2) is 12.0 Å². The Hall–Kier alpha value is -2.07. The molecule has 1 aliphatic carbocycles. The molecule has 0 aliphatic heterocycles. The number of hydrogen-bond donors (Lipinski definition) is 1. The summed E-state index contributed by atoms with van der Waals surface area (Å²) in [6, 6.07) is 11.7. The third kappa shape index (κ3) is 4.06. The molecule has 0 bridgehead atoms. The summed E-state index contributed by atoms with van der Waals surface area (Å²) < 4.78 is 11.7. The summed E-state index contributed by atoms with van der Waals surface area (Å²) in [4.78, 5) is 12.8. The van der Waals surface area contributed by atoms with Crippen LogP contribution in [-0.2, 0) is 16.1 Å². The molecule has 1 aliphatic rings. The van der Waals surface area contributed by atoms with Gasteiger partial charge in [0.2, 0.25) is 0 Å². The Morgan fingerprint density at radius 1 is 1.25 bits per heavy atom. The van der Waals surface area contributed by atoms with Crippen LogP contribution in [0.1, 0.15) is 54.4 Å². The second kappa shape index (κ2) is 7.67. The predicted molar refractivity (Wildman–Crippen MR) is 92.6 cm³/mol. The van der Waals surface area contributed by atoms with Crippen LogP contribution in [0.15, 0.2) is 40.8 Å². The number of hydrogen-bond acceptors (Lipinski definition) is 3. The molecule has 24 heavy (non-hydrogen) atoms. The number of furan rings is 1. The van der Waals surface area contributed by atoms with E-state index in [0.29, 0.717) is 6.54 Å². The first-order valence-corrected chi connectivity index (χ1v) is 8.67. The van der Waals surface area contributed by atoms with Gasteiger partial charge in [-0.15, -0.1) is 0 Å². The molecule has 128 valence electrons. The van der Waals surface area contributed by atoms with Gasteiger partial charge >= 0.3 is 0 Å². The fourth-order valence-corrected chi connectivity index (χ4v) is 3.27. The lowest BCUT2D eigenvalue weighted by Crippen LogP contribution is -2.32. The van der Waals surface area contributed by atoms with Gasteiger partial charge in [0.25, 0.3) is 5.91 Å². The molecule has 1 heterocycles. The number of carbonyl (C=O) groups is 1. The first kappa shape index (κ1) is 16.8. The fourth-order valence-electron chi connectivity index (χ4n) is 3.27. The van der Waals surface area contributed by atoms with Gasteiger partial charge in [-0.05, 0) is 38.3 Å². The Morgan fingerprint density at radius 3 is 2.58 bits per heavy atom. The monoisotopic (exact) mass is 327 g/mol. The van der Waals surface area contributed by atoms with Gasteiger partial charge in [-0.2, -0.15) is 0 Å². The zero-order valence-corrected chi connectivity index (χ0v) is 14.4. The lowest BCUT2D eigenvalue weighted by Gasteiger charge is -2.22. The Bertz CT molecular complexity index is 671. The van der Waals surface area contributed by atoms with E-state index >= 15 is 0 Å². The van der Waals surface area contributed by atoms with Crippen molar-refractivity contribution in [3.8, 4) is 0 Å². The SMILES string of the molecule is Cc1cc(CNC(=O)C(OC2CCCC2)c2ccccc2)c(C)o1. The Kier molecular flexibility index (Phi) is 5.36. The molecule has 2 aromatic rings. The lowest BCUT2D eigenvalue weighted by molar-refractivity contribution is -0.137. The maximum Gasteiger partial charge on any atom is 0.254 e. The van der Waals surface area contributed by atoms with E-state index in [1.807, 2.05) is 50.2 Å². The molecule has 1 fully saturated rings. The van der Waals surface area contributed by atoms with E-state index < -0.39 is 6.10 Å². The van der Waals surface area contributed by atoms with E-state index in [9.17, 15) is 4.79 Å². The first-order valence-electron chi connectivity index (χ1n) is 8.67. The summed E-state index contributed by atoms with van der Waals surface area (Å²) in [6.45, 7) is 4.28. The van der Waals surface area contributed by atoms with E-state index in [2.05, 4.69) is 5.32 Å². The molecule has 1 saturated carbocycles. The van der Waals surface area contributed by atoms with Gasteiger partial charge in [0.05, 0.1) is 6.10 Å². The largest absolute Gasteiger partial charge is 0.466 e. The zero-order valence-electron chi connectivity index (χ0n) is 14.4. The Morgan fingerprint density at radius 2 is 1.96 bits per heavy atom. The minimum Gasteiger partial charge on any atom is -0.466 e. The Labute approximate surface area is 143 Å². The van der Waals surface area contributed by atoms with Crippen molar-refractivity contribution in [3.05, 3.63) is 59.0 Å². The number of amides is 1. The molecule has 1 aromatic carbocycles. The van der Waals surface area contributed by atoms with Gasteiger partial charge in [0, 0.05) is 12.1 Å². The van der Waals surface area contributed by atoms with Gasteiger partial charge in [-0.3, -0.25) is 4.79 Å². The van der Waals surface area contributed by atoms with Crippen LogP contribution in [0.4, 0.5) is 0 Å². The van der Waals surface area contributed by atoms with E-state index in [1.54, 1.807) is 0 Å². The second-order valence-electron chi connectivity index (χ2n) is 6.49. The summed E-state index contributed by atoms with van der Waals surface area (Å²) in [6.07, 6.45) is 4.07. The highest BCUT2D eigenvalue weighted by molar-refractivity contribution is 5.82. The number of benzene rings is 1. The van der Waals surface area contributed by atoms with Crippen LogP contribution in [0, 0.1) is 13.8 Å². The molecule has 4 nitrogen and oxygen atoms in total. The van der Waals surface area contributed by atoms with Crippen molar-refractivity contribution in [1.29, 1.82) is 0 Å². The number of carbonyl (C=O) groups excluding carboxylic acids is 1. The maximum absolute atomic E-state index is 12.8. The summed E-state index contributed by atoms with van der Waals surface area (Å²) in [5, 5.41) is 3.00. The van der Waals surface area contributed by atoms with Crippen LogP contribution in [0.5, 0.6) is 0 Å². The van der Waals surface area contributed by atoms with E-state index in [0.717, 1.165) is 35.5 Å². The minimum absolute atomic E-state index is 0.0913. The second-order valence-corrected chi connectivity index (χ2v) is 6.49. The van der Waals surface area contributed by atoms with Crippen molar-refractivity contribution in [2.24, 2.45) is 0 Å². The van der Waals surface area contributed by atoms with Gasteiger partial charge in [0.1, 0.15) is 11.5 Å². The van der Waals surface area contributed by atoms with Crippen molar-refractivity contribution in [2.75, 3.05) is 0 Å². The molecular formula is C20H25NO3. The van der Waals surface area contributed by atoms with Crippen molar-refractivity contribution in [1.82, 2.24) is 5.32 Å². The Balaban J connectivity index is 1.69. The third-order valence-corrected chi connectivity index (χ3v) is 4.57. The van der Waals surface area contributed by atoms with Gasteiger partial charge < -0.3 is 14.5 Å². The normalized spacial score (nSPS) is 16.2. The van der Waals surface area contributed by atoms with Crippen LogP contribution < -0.4 is 5.32 Å². The maximum atomic E-state index is 12.8. The van der Waals surface area contributed by atoms with Crippen LogP contribution in [0.2, 0.25) is 0 Å². The topological polar surface area (TPSA) is 51.5 Å². The molecule has 1 atom stereocenters. The molecule has 0 radical (unpaired) electrons. The van der Waals surface area contributed by atoms with Gasteiger partial charge in [0.15, 0.2) is 6.10 Å². The van der Waals surface area contributed by atoms with Crippen LogP contribution in [0.3, 0.4) is 0 Å². The number of ether oxygens (including phenoxy) is 1. The zero-order chi connectivity index (χ0) is 16.9. The van der Waals surface area contributed by atoms with Crippen LogP contribution in [0.25, 0.3) is 0 Å². The molecule has 1 amide bonds. The van der Waals surface area contributed by atoms with E-state index in [1.165, 1.54) is 12.8 Å². The van der Waals surface area contributed by atoms with Crippen molar-refractivity contribution in [3.63, 3.8) is 0 Å². The molecular weight excluding hydrogens is 302 g/mol. The standard InChI is InChI=1S/C20H25NO3/c1-14-12-17(15(2)23-14)13-21-20(22)19(16-8-4-3-5-9-16)24-18-10-6-7-11-18/h3-5,8-9,12,18-19H,6-7,10-11,13H2,1-2H3,(H,21,22). The number of nitrogens with one attached hydrogen (secondary N) is 1. The molecule has 1 N–H and O–H groups in total. The molecule has 0 spiro atoms. The average Bonchev–Trinajstić information content (AvgIpc) is 3.20. The third-order valence-electron chi connectivity index (χ3n) is 4.57. The fraction of sp³-hybridized carbons (Fsp3) is 0.450. The number of aryl methyl sites for hydroxylation is 2. The number of rotatable bonds is 6. The smallest absolute Gasteiger partial charge is 0.254 e. The van der Waals surface area contributed by atoms with Crippen LogP contribution >= 0.6 is 0 Å². The highest BCUT2D eigenvalue weighted by Crippen LogP contribution is 2.28. The molecule has 1 unspecified atom stereocenters. The summed E-state index contributed by atoms with van der Waals surface area (Å²) in [7, 11) is 0. The summed E-state index contributed by atoms with van der Waals surface area (Å²) in [5.41, 5.74) is 1.91. The minimum atomic E-state index is -0.553. The highest BCUT2D eigenvalue weighted by atomic mass is 16.5. The first-order chi connectivity index (χ1) is 11.6. The molecule has 1 aromatic heterocycles. The average molecular weight is 327 g/mol. The summed E-state index contributed by atoms with van der Waals surface area (Å²) >= 11 is 0. The van der Waals surface area contributed by atoms with E-state index in [-0.39, 0.29) is 12.0 Å². The van der Waals surface area contributed by atoms with E-state index in [4.69, 9.17) is 9.15 Å². The predicted octanol–water partition coefficient (Wildman–Crippen LogP) is 4.21. The molecule has 4 heteroatoms. The van der Waals surface area contributed by atoms with Gasteiger partial charge in [-0.25, -0.2) is 0 Å². The summed E-state index contributed by atoms with van der Waals surface area (Å²) in [5.74, 6) is 1.62. The van der Waals surface area contributed by atoms with Crippen molar-refractivity contribution >= 4 is 5.91 Å². The van der Waals surface area contributed by atoms with Gasteiger partial charge in [-0.1, -0.05) is 43.2 Å². The van der Waals surface area contributed by atoms with Crippen molar-refractivity contribution in [2.45, 2.75) is 58.3 Å². The highest BCUT2D eigenvalue weighted by Gasteiger charge is 2.27. The molecule has 0 saturated heterocycles.